The molecular weight excluding hydrogens is 580 g/mol. The van der Waals surface area contributed by atoms with Crippen LogP contribution in [0.1, 0.15) is 86.7 Å². The van der Waals surface area contributed by atoms with Crippen molar-refractivity contribution in [2.45, 2.75) is 83.7 Å². The predicted octanol–water partition coefficient (Wildman–Crippen LogP) is 5.49. The number of alkyl halides is 2. The number of unbranched alkanes of at least 4 members (excludes halogenated alkanes) is 2. The number of anilines is 2. The van der Waals surface area contributed by atoms with Gasteiger partial charge in [0.1, 0.15) is 0 Å². The van der Waals surface area contributed by atoms with Crippen molar-refractivity contribution in [2.24, 2.45) is 7.05 Å². The van der Waals surface area contributed by atoms with Crippen molar-refractivity contribution in [2.75, 3.05) is 37.6 Å². The molecule has 0 spiro atoms. The first-order chi connectivity index (χ1) is 21.7. The van der Waals surface area contributed by atoms with Gasteiger partial charge in [0, 0.05) is 87.3 Å². The van der Waals surface area contributed by atoms with Gasteiger partial charge in [0.05, 0.1) is 18.8 Å². The van der Waals surface area contributed by atoms with Gasteiger partial charge in [-0.15, -0.1) is 0 Å². The lowest BCUT2D eigenvalue weighted by Crippen LogP contribution is -2.38. The summed E-state index contributed by atoms with van der Waals surface area (Å²) in [6.45, 7) is 6.26. The molecule has 1 amide bonds. The number of aryl methyl sites for hydroxylation is 2. The van der Waals surface area contributed by atoms with Gasteiger partial charge in [-0.25, -0.2) is 8.78 Å². The first kappa shape index (κ1) is 31.2. The van der Waals surface area contributed by atoms with E-state index in [2.05, 4.69) is 19.6 Å². The van der Waals surface area contributed by atoms with Crippen LogP contribution in [0.15, 0.2) is 24.5 Å². The number of carboxylic acid groups (broad SMARTS) is 1. The molecule has 0 bridgehead atoms. The van der Waals surface area contributed by atoms with Crippen LogP contribution in [0.5, 0.6) is 0 Å². The van der Waals surface area contributed by atoms with Crippen LogP contribution in [0, 0.1) is 0 Å². The van der Waals surface area contributed by atoms with Gasteiger partial charge in [-0.2, -0.15) is 10.2 Å². The van der Waals surface area contributed by atoms with Crippen molar-refractivity contribution in [1.29, 1.82) is 0 Å². The van der Waals surface area contributed by atoms with Crippen LogP contribution in [-0.4, -0.2) is 79.1 Å². The Morgan fingerprint density at radius 2 is 1.87 bits per heavy atom. The molecule has 3 aromatic rings. The summed E-state index contributed by atoms with van der Waals surface area (Å²) in [4.78, 5) is 29.7. The summed E-state index contributed by atoms with van der Waals surface area (Å²) in [5, 5.41) is 18.3. The SMILES string of the molecule is CC(=O)N1CCc2c(c(N3CCCc4cc(-c5cnn(C)c5)c(C(F)F)cc43)nn2C2CCN(CCCCCC(=O)O)CC2)C1. The quantitative estimate of drug-likeness (QED) is 0.298. The minimum Gasteiger partial charge on any atom is -0.481 e. The maximum absolute atomic E-state index is 14.5. The van der Waals surface area contributed by atoms with Gasteiger partial charge in [-0.1, -0.05) is 6.42 Å². The summed E-state index contributed by atoms with van der Waals surface area (Å²) in [7, 11) is 1.78. The van der Waals surface area contributed by atoms with Crippen LogP contribution >= 0.6 is 0 Å². The Morgan fingerprint density at radius 3 is 2.56 bits per heavy atom. The Morgan fingerprint density at radius 1 is 1.07 bits per heavy atom. The average Bonchev–Trinajstić information content (AvgIpc) is 3.63. The topological polar surface area (TPSA) is 99.7 Å². The Kier molecular flexibility index (Phi) is 9.21. The van der Waals surface area contributed by atoms with Crippen LogP contribution in [0.25, 0.3) is 11.1 Å². The molecule has 0 saturated carbocycles. The van der Waals surface area contributed by atoms with Gasteiger partial charge in [-0.05, 0) is 68.3 Å². The second-order valence-corrected chi connectivity index (χ2v) is 12.7. The molecule has 242 valence electrons. The summed E-state index contributed by atoms with van der Waals surface area (Å²) >= 11 is 0. The Bertz CT molecular complexity index is 1540. The lowest BCUT2D eigenvalue weighted by Gasteiger charge is -2.34. The van der Waals surface area contributed by atoms with E-state index in [1.807, 2.05) is 11.0 Å². The molecule has 1 saturated heterocycles. The lowest BCUT2D eigenvalue weighted by atomic mass is 9.92. The number of carboxylic acids is 1. The number of aromatic nitrogens is 4. The monoisotopic (exact) mass is 623 g/mol. The van der Waals surface area contributed by atoms with Crippen molar-refractivity contribution < 1.29 is 23.5 Å². The number of carbonyl (C=O) groups is 2. The van der Waals surface area contributed by atoms with E-state index in [1.165, 1.54) is 0 Å². The van der Waals surface area contributed by atoms with Gasteiger partial charge in [-0.3, -0.25) is 19.0 Å². The zero-order chi connectivity index (χ0) is 31.7. The summed E-state index contributed by atoms with van der Waals surface area (Å²) in [5.74, 6) is 0.0735. The highest BCUT2D eigenvalue weighted by atomic mass is 19.3. The summed E-state index contributed by atoms with van der Waals surface area (Å²) in [6.07, 6.45) is 7.92. The van der Waals surface area contributed by atoms with E-state index in [4.69, 9.17) is 10.2 Å². The second-order valence-electron chi connectivity index (χ2n) is 12.7. The smallest absolute Gasteiger partial charge is 0.303 e. The lowest BCUT2D eigenvalue weighted by molar-refractivity contribution is -0.137. The maximum Gasteiger partial charge on any atom is 0.303 e. The van der Waals surface area contributed by atoms with E-state index >= 15 is 0 Å². The Hall–Kier alpha value is -3.80. The number of rotatable bonds is 10. The number of nitrogens with zero attached hydrogens (tertiary/aromatic N) is 7. The number of aliphatic carboxylic acids is 1. The molecule has 10 nitrogen and oxygen atoms in total. The molecule has 0 atom stereocenters. The second kappa shape index (κ2) is 13.3. The molecule has 6 rings (SSSR count). The minimum absolute atomic E-state index is 0.0114. The third kappa shape index (κ3) is 6.61. The third-order valence-corrected chi connectivity index (χ3v) is 9.65. The largest absolute Gasteiger partial charge is 0.481 e. The molecule has 1 aromatic carbocycles. The van der Waals surface area contributed by atoms with Crippen molar-refractivity contribution in [3.63, 3.8) is 0 Å². The van der Waals surface area contributed by atoms with Crippen molar-refractivity contribution in [3.8, 4) is 11.1 Å². The van der Waals surface area contributed by atoms with E-state index in [9.17, 15) is 18.4 Å². The number of hydrogen-bond acceptors (Lipinski definition) is 6. The van der Waals surface area contributed by atoms with Crippen LogP contribution < -0.4 is 4.90 Å². The minimum atomic E-state index is -2.64. The highest BCUT2D eigenvalue weighted by Crippen LogP contribution is 2.43. The molecule has 1 fully saturated rings. The molecule has 5 heterocycles. The fourth-order valence-electron chi connectivity index (χ4n) is 7.25. The zero-order valence-electron chi connectivity index (χ0n) is 26.2. The molecule has 0 unspecified atom stereocenters. The van der Waals surface area contributed by atoms with E-state index in [0.717, 1.165) is 86.5 Å². The van der Waals surface area contributed by atoms with Crippen molar-refractivity contribution in [1.82, 2.24) is 29.4 Å². The molecule has 1 N–H and O–H groups in total. The normalized spacial score (nSPS) is 17.5. The van der Waals surface area contributed by atoms with Crippen molar-refractivity contribution in [3.05, 3.63) is 46.9 Å². The van der Waals surface area contributed by atoms with Gasteiger partial charge in [0.2, 0.25) is 5.91 Å². The Labute approximate surface area is 262 Å². The first-order valence-corrected chi connectivity index (χ1v) is 16.2. The number of likely N-dealkylation sites (tertiary alicyclic amines) is 1. The highest BCUT2D eigenvalue weighted by Gasteiger charge is 2.34. The molecular formula is C33H43F2N7O3. The number of halogens is 2. The van der Waals surface area contributed by atoms with E-state index in [-0.39, 0.29) is 23.9 Å². The van der Waals surface area contributed by atoms with Gasteiger partial charge < -0.3 is 19.8 Å². The Balaban J connectivity index is 1.28. The average molecular weight is 624 g/mol. The first-order valence-electron chi connectivity index (χ1n) is 16.2. The summed E-state index contributed by atoms with van der Waals surface area (Å²) in [6, 6.07) is 3.78. The number of amides is 1. The van der Waals surface area contributed by atoms with Gasteiger partial charge >= 0.3 is 5.97 Å². The standard InChI is InChI=1S/C33H43F2N7O3/c1-22(43)40-16-11-29-28(21-40)33(37-42(29)25-9-14-39(15-10-25)12-5-3-4-8-31(44)45)41-13-6-7-23-17-26(24-19-36-38(2)20-24)27(32(34)35)18-30(23)41/h17-20,25,32H,3-16,21H2,1-2H3,(H,44,45). The molecule has 2 aromatic heterocycles. The third-order valence-electron chi connectivity index (χ3n) is 9.65. The van der Waals surface area contributed by atoms with Crippen LogP contribution in [0.3, 0.4) is 0 Å². The number of benzene rings is 1. The summed E-state index contributed by atoms with van der Waals surface area (Å²) in [5.41, 5.74) is 5.16. The van der Waals surface area contributed by atoms with Crippen LogP contribution in [0.4, 0.5) is 20.3 Å². The maximum atomic E-state index is 14.5. The zero-order valence-corrected chi connectivity index (χ0v) is 26.2. The van der Waals surface area contributed by atoms with Gasteiger partial charge in [0.15, 0.2) is 5.82 Å². The van der Waals surface area contributed by atoms with Crippen LogP contribution in [-0.2, 0) is 36.0 Å². The number of hydrogen-bond donors (Lipinski definition) is 1. The molecule has 0 radical (unpaired) electrons. The molecule has 12 heteroatoms. The van der Waals surface area contributed by atoms with Crippen molar-refractivity contribution >= 4 is 23.4 Å². The summed E-state index contributed by atoms with van der Waals surface area (Å²) < 4.78 is 32.9. The highest BCUT2D eigenvalue weighted by molar-refractivity contribution is 5.78. The molecule has 45 heavy (non-hydrogen) atoms. The van der Waals surface area contributed by atoms with Crippen LogP contribution in [0.2, 0.25) is 0 Å². The van der Waals surface area contributed by atoms with Gasteiger partial charge in [0.25, 0.3) is 6.43 Å². The number of carbonyl (C=O) groups excluding carboxylic acids is 1. The fraction of sp³-hybridized carbons (Fsp3) is 0.576. The number of piperidine rings is 1. The van der Waals surface area contributed by atoms with E-state index < -0.39 is 12.4 Å². The molecule has 0 aliphatic carbocycles. The van der Waals surface area contributed by atoms with E-state index in [0.29, 0.717) is 43.6 Å². The fourth-order valence-corrected chi connectivity index (χ4v) is 7.25. The predicted molar refractivity (Wildman–Crippen MR) is 167 cm³/mol. The molecule has 3 aliphatic rings. The van der Waals surface area contributed by atoms with E-state index in [1.54, 1.807) is 37.1 Å². The molecule has 3 aliphatic heterocycles. The number of fused-ring (bicyclic) bond motifs is 2.